The molecule has 2 aromatic carbocycles. The number of fused-ring (bicyclic) bond motifs is 1. The van der Waals surface area contributed by atoms with Crippen LogP contribution in [0, 0.1) is 18.6 Å². The van der Waals surface area contributed by atoms with Crippen molar-refractivity contribution in [2.75, 3.05) is 13.7 Å². The van der Waals surface area contributed by atoms with Gasteiger partial charge >= 0.3 is 0 Å². The summed E-state index contributed by atoms with van der Waals surface area (Å²) in [7, 11) is 1.53. The van der Waals surface area contributed by atoms with Gasteiger partial charge in [-0.1, -0.05) is 29.0 Å². The van der Waals surface area contributed by atoms with Gasteiger partial charge in [0.05, 0.1) is 16.8 Å². The third-order valence-corrected chi connectivity index (χ3v) is 4.74. The van der Waals surface area contributed by atoms with Gasteiger partial charge < -0.3 is 9.30 Å². The molecule has 0 aliphatic rings. The summed E-state index contributed by atoms with van der Waals surface area (Å²) in [5.74, 6) is -1.79. The third-order valence-electron chi connectivity index (χ3n) is 3.71. The van der Waals surface area contributed by atoms with E-state index >= 15 is 0 Å². The fraction of sp³-hybridized carbons (Fsp3) is 0.222. The van der Waals surface area contributed by atoms with Crippen molar-refractivity contribution in [3.8, 4) is 0 Å². The first-order valence-electron chi connectivity index (χ1n) is 7.62. The highest BCUT2D eigenvalue weighted by atomic mass is 32.1. The Balaban J connectivity index is 2.15. The molecule has 0 fully saturated rings. The molecule has 0 saturated heterocycles. The van der Waals surface area contributed by atoms with E-state index in [1.54, 1.807) is 16.7 Å². The Morgan fingerprint density at radius 1 is 1.24 bits per heavy atom. The molecule has 0 aliphatic carbocycles. The molecule has 25 heavy (non-hydrogen) atoms. The third kappa shape index (κ3) is 3.67. The SMILES string of the molecule is COCCn1c(=NC(=O)c2ccc(C)cc2)sc2cc(F)cc(F)c21. The summed E-state index contributed by atoms with van der Waals surface area (Å²) in [5.41, 5.74) is 1.69. The van der Waals surface area contributed by atoms with Gasteiger partial charge in [-0.25, -0.2) is 8.78 Å². The zero-order valence-corrected chi connectivity index (χ0v) is 14.6. The Kier molecular flexibility index (Phi) is 5.06. The second-order valence-electron chi connectivity index (χ2n) is 5.55. The summed E-state index contributed by atoms with van der Waals surface area (Å²) in [6.45, 7) is 2.54. The second-order valence-corrected chi connectivity index (χ2v) is 6.56. The van der Waals surface area contributed by atoms with Gasteiger partial charge in [-0.15, -0.1) is 0 Å². The van der Waals surface area contributed by atoms with E-state index in [0.717, 1.165) is 23.0 Å². The van der Waals surface area contributed by atoms with Crippen molar-refractivity contribution >= 4 is 27.5 Å². The molecular weight excluding hydrogens is 346 g/mol. The maximum absolute atomic E-state index is 14.2. The highest BCUT2D eigenvalue weighted by Crippen LogP contribution is 2.22. The van der Waals surface area contributed by atoms with Gasteiger partial charge in [-0.3, -0.25) is 4.79 Å². The molecule has 1 amide bonds. The van der Waals surface area contributed by atoms with E-state index in [2.05, 4.69) is 4.99 Å². The van der Waals surface area contributed by atoms with Crippen LogP contribution in [0.4, 0.5) is 8.78 Å². The summed E-state index contributed by atoms with van der Waals surface area (Å²) in [4.78, 5) is 16.8. The number of amides is 1. The van der Waals surface area contributed by atoms with Crippen LogP contribution in [0.1, 0.15) is 15.9 Å². The number of carbonyl (C=O) groups excluding carboxylic acids is 1. The number of aromatic nitrogens is 1. The summed E-state index contributed by atoms with van der Waals surface area (Å²) < 4.78 is 34.7. The van der Waals surface area contributed by atoms with E-state index in [4.69, 9.17) is 4.74 Å². The van der Waals surface area contributed by atoms with E-state index in [9.17, 15) is 13.6 Å². The molecule has 3 aromatic rings. The number of nitrogens with zero attached hydrogens (tertiary/aromatic N) is 2. The number of rotatable bonds is 4. The number of methoxy groups -OCH3 is 1. The van der Waals surface area contributed by atoms with Crippen molar-refractivity contribution in [2.45, 2.75) is 13.5 Å². The van der Waals surface area contributed by atoms with Gasteiger partial charge in [-0.05, 0) is 25.1 Å². The quantitative estimate of drug-likeness (QED) is 0.711. The summed E-state index contributed by atoms with van der Waals surface area (Å²) in [6, 6.07) is 9.08. The number of halogens is 2. The summed E-state index contributed by atoms with van der Waals surface area (Å²) in [5, 5.41) is 0. The predicted octanol–water partition coefficient (Wildman–Crippen LogP) is 3.68. The zero-order valence-electron chi connectivity index (χ0n) is 13.8. The van der Waals surface area contributed by atoms with Gasteiger partial charge in [0.25, 0.3) is 5.91 Å². The van der Waals surface area contributed by atoms with Crippen LogP contribution in [0.5, 0.6) is 0 Å². The molecule has 0 atom stereocenters. The highest BCUT2D eigenvalue weighted by molar-refractivity contribution is 7.16. The Labute approximate surface area is 147 Å². The number of carbonyl (C=O) groups is 1. The molecule has 0 bridgehead atoms. The number of hydrogen-bond donors (Lipinski definition) is 0. The lowest BCUT2D eigenvalue weighted by Crippen LogP contribution is -2.19. The molecule has 0 saturated carbocycles. The van der Waals surface area contributed by atoms with Gasteiger partial charge in [0.15, 0.2) is 10.6 Å². The monoisotopic (exact) mass is 362 g/mol. The largest absolute Gasteiger partial charge is 0.383 e. The number of benzene rings is 2. The van der Waals surface area contributed by atoms with E-state index < -0.39 is 17.5 Å². The Morgan fingerprint density at radius 2 is 1.96 bits per heavy atom. The van der Waals surface area contributed by atoms with Crippen LogP contribution in [0.15, 0.2) is 41.4 Å². The second kappa shape index (κ2) is 7.25. The summed E-state index contributed by atoms with van der Waals surface area (Å²) in [6.07, 6.45) is 0. The molecule has 1 aromatic heterocycles. The van der Waals surface area contributed by atoms with E-state index in [1.165, 1.54) is 13.2 Å². The molecule has 1 heterocycles. The average Bonchev–Trinajstić information content (AvgIpc) is 2.90. The molecule has 0 unspecified atom stereocenters. The van der Waals surface area contributed by atoms with Crippen molar-refractivity contribution in [1.29, 1.82) is 0 Å². The van der Waals surface area contributed by atoms with Crippen LogP contribution in [0.2, 0.25) is 0 Å². The molecule has 3 rings (SSSR count). The topological polar surface area (TPSA) is 43.6 Å². The summed E-state index contributed by atoms with van der Waals surface area (Å²) >= 11 is 1.07. The lowest BCUT2D eigenvalue weighted by Gasteiger charge is -2.05. The minimum Gasteiger partial charge on any atom is -0.383 e. The maximum Gasteiger partial charge on any atom is 0.279 e. The molecule has 4 nitrogen and oxygen atoms in total. The lowest BCUT2D eigenvalue weighted by molar-refractivity contribution is 0.0997. The maximum atomic E-state index is 14.2. The molecule has 0 aliphatic heterocycles. The Bertz CT molecular complexity index is 991. The zero-order chi connectivity index (χ0) is 18.0. The number of hydrogen-bond acceptors (Lipinski definition) is 3. The lowest BCUT2D eigenvalue weighted by atomic mass is 10.1. The van der Waals surface area contributed by atoms with Crippen molar-refractivity contribution in [3.63, 3.8) is 0 Å². The van der Waals surface area contributed by atoms with Crippen LogP contribution < -0.4 is 4.80 Å². The van der Waals surface area contributed by atoms with Crippen LogP contribution in [0.25, 0.3) is 10.2 Å². The van der Waals surface area contributed by atoms with Crippen molar-refractivity contribution in [3.05, 3.63) is 64.0 Å². The first kappa shape index (κ1) is 17.4. The van der Waals surface area contributed by atoms with Crippen molar-refractivity contribution in [2.24, 2.45) is 4.99 Å². The average molecular weight is 362 g/mol. The van der Waals surface area contributed by atoms with Gasteiger partial charge in [0, 0.05) is 25.3 Å². The molecule has 0 N–H and O–H groups in total. The van der Waals surface area contributed by atoms with Crippen LogP contribution >= 0.6 is 11.3 Å². The minimum atomic E-state index is -0.688. The standard InChI is InChI=1S/C18H16F2N2O2S/c1-11-3-5-12(6-4-11)17(23)21-18-22(7-8-24-2)16-14(20)9-13(19)10-15(16)25-18/h3-6,9-10H,7-8H2,1-2H3. The smallest absolute Gasteiger partial charge is 0.279 e. The molecule has 0 spiro atoms. The van der Waals surface area contributed by atoms with Crippen molar-refractivity contribution < 1.29 is 18.3 Å². The fourth-order valence-corrected chi connectivity index (χ4v) is 3.55. The Morgan fingerprint density at radius 3 is 2.64 bits per heavy atom. The predicted molar refractivity (Wildman–Crippen MR) is 92.7 cm³/mol. The van der Waals surface area contributed by atoms with Gasteiger partial charge in [0.1, 0.15) is 5.82 Å². The first-order valence-corrected chi connectivity index (χ1v) is 8.44. The van der Waals surface area contributed by atoms with Crippen LogP contribution in [-0.4, -0.2) is 24.2 Å². The fourth-order valence-electron chi connectivity index (χ4n) is 2.45. The number of aryl methyl sites for hydroxylation is 1. The van der Waals surface area contributed by atoms with E-state index in [-0.39, 0.29) is 5.52 Å². The molecular formula is C18H16F2N2O2S. The van der Waals surface area contributed by atoms with Crippen molar-refractivity contribution in [1.82, 2.24) is 4.57 Å². The highest BCUT2D eigenvalue weighted by Gasteiger charge is 2.14. The molecule has 7 heteroatoms. The Hall–Kier alpha value is -2.38. The first-order chi connectivity index (χ1) is 12.0. The number of thiazole rings is 1. The van der Waals surface area contributed by atoms with Gasteiger partial charge in [-0.2, -0.15) is 4.99 Å². The van der Waals surface area contributed by atoms with E-state index in [0.29, 0.717) is 28.2 Å². The van der Waals surface area contributed by atoms with E-state index in [1.807, 2.05) is 19.1 Å². The van der Waals surface area contributed by atoms with Gasteiger partial charge in [0.2, 0.25) is 0 Å². The minimum absolute atomic E-state index is 0.221. The molecule has 0 radical (unpaired) electrons. The molecule has 130 valence electrons. The number of ether oxygens (including phenoxy) is 1. The van der Waals surface area contributed by atoms with Crippen LogP contribution in [0.3, 0.4) is 0 Å². The normalized spacial score (nSPS) is 12.1. The van der Waals surface area contributed by atoms with Crippen LogP contribution in [-0.2, 0) is 11.3 Å².